The molecule has 0 radical (unpaired) electrons. The number of carbonyl (C=O) groups excluding carboxylic acids is 4. The largest absolute Gasteiger partial charge is 0.377 e. The normalized spacial score (nSPS) is 26.7. The van der Waals surface area contributed by atoms with Crippen LogP contribution in [-0.2, 0) is 20.9 Å². The minimum absolute atomic E-state index is 0.107. The van der Waals surface area contributed by atoms with Gasteiger partial charge in [0.2, 0.25) is 11.8 Å². The van der Waals surface area contributed by atoms with Gasteiger partial charge in [0.15, 0.2) is 0 Å². The number of benzene rings is 1. The minimum atomic E-state index is -0.944. The van der Waals surface area contributed by atoms with Crippen molar-refractivity contribution in [3.63, 3.8) is 0 Å². The lowest BCUT2D eigenvalue weighted by Gasteiger charge is -2.28. The second-order valence-electron chi connectivity index (χ2n) is 8.08. The van der Waals surface area contributed by atoms with Crippen molar-refractivity contribution in [3.8, 4) is 0 Å². The number of amides is 4. The van der Waals surface area contributed by atoms with Crippen LogP contribution in [0.5, 0.6) is 0 Å². The molecular weight excluding hydrogens is 388 g/mol. The van der Waals surface area contributed by atoms with E-state index in [9.17, 15) is 19.2 Å². The summed E-state index contributed by atoms with van der Waals surface area (Å²) < 4.78 is 5.59. The van der Waals surface area contributed by atoms with E-state index in [0.717, 1.165) is 36.5 Å². The summed E-state index contributed by atoms with van der Waals surface area (Å²) >= 11 is 0. The van der Waals surface area contributed by atoms with Gasteiger partial charge in [0.1, 0.15) is 6.04 Å². The number of nitrogens with two attached hydrogens (primary N) is 1. The first-order valence-electron chi connectivity index (χ1n) is 10.3. The van der Waals surface area contributed by atoms with E-state index in [1.165, 1.54) is 0 Å². The Balaban J connectivity index is 1.39. The van der Waals surface area contributed by atoms with Gasteiger partial charge < -0.3 is 15.8 Å². The first-order valence-corrected chi connectivity index (χ1v) is 10.3. The number of fused-ring (bicyclic) bond motifs is 1. The van der Waals surface area contributed by atoms with Crippen molar-refractivity contribution in [1.82, 2.24) is 15.5 Å². The first kappa shape index (κ1) is 20.6. The molecule has 3 heterocycles. The number of hydrogen-bond acceptors (Lipinski definition) is 7. The van der Waals surface area contributed by atoms with E-state index in [4.69, 9.17) is 10.5 Å². The molecule has 9 heteroatoms. The number of hydrogen-bond donors (Lipinski definition) is 3. The number of nitrogens with one attached hydrogen (secondary N) is 2. The Morgan fingerprint density at radius 2 is 1.93 bits per heavy atom. The third-order valence-corrected chi connectivity index (χ3v) is 6.01. The van der Waals surface area contributed by atoms with Crippen LogP contribution in [0.2, 0.25) is 0 Å². The van der Waals surface area contributed by atoms with E-state index in [1.807, 2.05) is 6.07 Å². The summed E-state index contributed by atoms with van der Waals surface area (Å²) in [6, 6.07) is 4.22. The van der Waals surface area contributed by atoms with Crippen LogP contribution in [0.25, 0.3) is 0 Å². The topological polar surface area (TPSA) is 131 Å². The zero-order chi connectivity index (χ0) is 21.3. The monoisotopic (exact) mass is 414 g/mol. The maximum absolute atomic E-state index is 12.9. The third-order valence-electron chi connectivity index (χ3n) is 6.01. The number of piperidine rings is 1. The fraction of sp³-hybridized carbons (Fsp3) is 0.524. The van der Waals surface area contributed by atoms with Crippen LogP contribution in [0.3, 0.4) is 0 Å². The summed E-state index contributed by atoms with van der Waals surface area (Å²) in [5.41, 5.74) is 7.18. The number of carbonyl (C=O) groups is 4. The highest BCUT2D eigenvalue weighted by atomic mass is 16.5. The summed E-state index contributed by atoms with van der Waals surface area (Å²) in [5.74, 6) is -1.47. The first-order chi connectivity index (χ1) is 14.5. The number of rotatable bonds is 6. The van der Waals surface area contributed by atoms with Gasteiger partial charge >= 0.3 is 0 Å². The lowest BCUT2D eigenvalue weighted by Crippen LogP contribution is -2.54. The maximum atomic E-state index is 12.9. The molecule has 4 amide bonds. The van der Waals surface area contributed by atoms with Crippen molar-refractivity contribution in [2.75, 3.05) is 19.7 Å². The molecule has 0 saturated carbocycles. The molecule has 0 spiro atoms. The van der Waals surface area contributed by atoms with Crippen molar-refractivity contribution in [2.45, 2.75) is 44.4 Å². The number of imide groups is 2. The fourth-order valence-corrected chi connectivity index (χ4v) is 4.36. The number of ether oxygens (including phenoxy) is 1. The molecule has 0 aliphatic carbocycles. The molecule has 1 aromatic carbocycles. The molecule has 2 saturated heterocycles. The van der Waals surface area contributed by atoms with Crippen molar-refractivity contribution in [1.29, 1.82) is 0 Å². The summed E-state index contributed by atoms with van der Waals surface area (Å²) in [7, 11) is 0. The SMILES string of the molecule is NCC1CC(CNCc2ccc3c(c2)C(=O)N(C2CCC(=O)NC2=O)C3=O)CCO1. The van der Waals surface area contributed by atoms with Crippen molar-refractivity contribution < 1.29 is 23.9 Å². The van der Waals surface area contributed by atoms with E-state index in [0.29, 0.717) is 30.1 Å². The highest BCUT2D eigenvalue weighted by Crippen LogP contribution is 2.28. The molecule has 3 atom stereocenters. The van der Waals surface area contributed by atoms with Gasteiger partial charge in [-0.3, -0.25) is 29.4 Å². The second kappa shape index (κ2) is 8.63. The molecule has 4 rings (SSSR count). The van der Waals surface area contributed by atoms with E-state index in [2.05, 4.69) is 10.6 Å². The summed E-state index contributed by atoms with van der Waals surface area (Å²) in [4.78, 5) is 50.1. The predicted molar refractivity (Wildman–Crippen MR) is 106 cm³/mol. The molecule has 4 N–H and O–H groups in total. The van der Waals surface area contributed by atoms with Gasteiger partial charge in [-0.15, -0.1) is 0 Å². The molecule has 160 valence electrons. The van der Waals surface area contributed by atoms with Gasteiger partial charge in [-0.25, -0.2) is 0 Å². The van der Waals surface area contributed by atoms with Crippen LogP contribution in [0.4, 0.5) is 0 Å². The van der Waals surface area contributed by atoms with E-state index in [-0.39, 0.29) is 24.9 Å². The Morgan fingerprint density at radius 1 is 1.13 bits per heavy atom. The lowest BCUT2D eigenvalue weighted by atomic mass is 9.95. The Bertz CT molecular complexity index is 886. The molecule has 0 aromatic heterocycles. The molecule has 1 aromatic rings. The maximum Gasteiger partial charge on any atom is 0.262 e. The van der Waals surface area contributed by atoms with E-state index in [1.54, 1.807) is 12.1 Å². The Morgan fingerprint density at radius 3 is 2.70 bits per heavy atom. The zero-order valence-corrected chi connectivity index (χ0v) is 16.7. The average molecular weight is 414 g/mol. The summed E-state index contributed by atoms with van der Waals surface area (Å²) in [5, 5.41) is 5.61. The Labute approximate surface area is 174 Å². The molecular formula is C21H26N4O5. The lowest BCUT2D eigenvalue weighted by molar-refractivity contribution is -0.136. The fourth-order valence-electron chi connectivity index (χ4n) is 4.36. The van der Waals surface area contributed by atoms with Crippen LogP contribution in [0.15, 0.2) is 18.2 Å². The van der Waals surface area contributed by atoms with Gasteiger partial charge in [0, 0.05) is 26.1 Å². The van der Waals surface area contributed by atoms with Crippen LogP contribution >= 0.6 is 0 Å². The Hall–Kier alpha value is -2.62. The smallest absolute Gasteiger partial charge is 0.262 e. The molecule has 9 nitrogen and oxygen atoms in total. The standard InChI is InChI=1S/C21H26N4O5/c22-9-14-7-13(5-6-30-14)11-23-10-12-1-2-15-16(8-12)21(29)25(20(15)28)17-3-4-18(26)24-19(17)27/h1-2,8,13-14,17,23H,3-7,9-11,22H2,(H,24,26,27). The summed E-state index contributed by atoms with van der Waals surface area (Å²) in [6.45, 7) is 2.64. The van der Waals surface area contributed by atoms with Gasteiger partial charge in [0.05, 0.1) is 17.2 Å². The average Bonchev–Trinajstić information content (AvgIpc) is 2.98. The molecule has 3 aliphatic heterocycles. The van der Waals surface area contributed by atoms with E-state index >= 15 is 0 Å². The van der Waals surface area contributed by atoms with Crippen LogP contribution in [-0.4, -0.2) is 60.4 Å². The molecule has 2 fully saturated rings. The molecule has 0 bridgehead atoms. The molecule has 3 aliphatic rings. The van der Waals surface area contributed by atoms with Gasteiger partial charge in [-0.1, -0.05) is 6.07 Å². The van der Waals surface area contributed by atoms with Crippen molar-refractivity contribution in [3.05, 3.63) is 34.9 Å². The van der Waals surface area contributed by atoms with Crippen LogP contribution in [0.1, 0.15) is 52.0 Å². The second-order valence-corrected chi connectivity index (χ2v) is 8.08. The van der Waals surface area contributed by atoms with Gasteiger partial charge in [-0.2, -0.15) is 0 Å². The van der Waals surface area contributed by atoms with Crippen molar-refractivity contribution in [2.24, 2.45) is 11.7 Å². The third kappa shape index (κ3) is 4.00. The number of nitrogens with zero attached hydrogens (tertiary/aromatic N) is 1. The minimum Gasteiger partial charge on any atom is -0.377 e. The zero-order valence-electron chi connectivity index (χ0n) is 16.7. The molecule has 30 heavy (non-hydrogen) atoms. The highest BCUT2D eigenvalue weighted by Gasteiger charge is 2.44. The predicted octanol–water partition coefficient (Wildman–Crippen LogP) is -0.0687. The quantitative estimate of drug-likeness (QED) is 0.556. The molecule has 3 unspecified atom stereocenters. The van der Waals surface area contributed by atoms with Crippen molar-refractivity contribution >= 4 is 23.6 Å². The van der Waals surface area contributed by atoms with Crippen LogP contribution < -0.4 is 16.4 Å². The van der Waals surface area contributed by atoms with Crippen LogP contribution in [0, 0.1) is 5.92 Å². The highest BCUT2D eigenvalue weighted by molar-refractivity contribution is 6.23. The summed E-state index contributed by atoms with van der Waals surface area (Å²) in [6.07, 6.45) is 2.30. The van der Waals surface area contributed by atoms with Gasteiger partial charge in [-0.05, 0) is 49.4 Å². The Kier molecular flexibility index (Phi) is 5.94. The van der Waals surface area contributed by atoms with Gasteiger partial charge in [0.25, 0.3) is 11.8 Å². The van der Waals surface area contributed by atoms with E-state index < -0.39 is 23.8 Å².